The summed E-state index contributed by atoms with van der Waals surface area (Å²) in [5, 5.41) is 2.95. The molecular formula is C22H36N2O3. The maximum Gasteiger partial charge on any atom is 0.256 e. The highest BCUT2D eigenvalue weighted by Gasteiger charge is 2.32. The standard InChI is InChI=1S/C22H36N2O3/c1-5-6-13-22(3,26-4)21(25)23-19-7-9-20(10-8-19)27-17-16-24-14-11-18(2)12-15-24/h7-10,18H,5-6,11-17H2,1-4H3,(H,23,25)/t22-/m0/s1. The van der Waals surface area contributed by atoms with Crippen molar-refractivity contribution in [3.8, 4) is 5.75 Å². The maximum absolute atomic E-state index is 12.6. The Balaban J connectivity index is 1.78. The molecule has 152 valence electrons. The molecule has 1 aliphatic rings. The molecule has 0 bridgehead atoms. The molecule has 1 aromatic rings. The molecule has 0 saturated carbocycles. The first-order chi connectivity index (χ1) is 13.0. The number of likely N-dealkylation sites (tertiary alicyclic amines) is 1. The van der Waals surface area contributed by atoms with E-state index in [1.165, 1.54) is 25.9 Å². The van der Waals surface area contributed by atoms with Gasteiger partial charge in [0.05, 0.1) is 0 Å². The van der Waals surface area contributed by atoms with E-state index in [1.54, 1.807) is 7.11 Å². The summed E-state index contributed by atoms with van der Waals surface area (Å²) in [6.07, 6.45) is 5.28. The number of anilines is 1. The van der Waals surface area contributed by atoms with Gasteiger partial charge in [0.2, 0.25) is 0 Å². The molecule has 2 rings (SSSR count). The highest BCUT2D eigenvalue weighted by Crippen LogP contribution is 2.22. The number of hydrogen-bond acceptors (Lipinski definition) is 4. The van der Waals surface area contributed by atoms with E-state index < -0.39 is 5.60 Å². The van der Waals surface area contributed by atoms with E-state index in [4.69, 9.17) is 9.47 Å². The monoisotopic (exact) mass is 376 g/mol. The van der Waals surface area contributed by atoms with Gasteiger partial charge in [0, 0.05) is 19.3 Å². The van der Waals surface area contributed by atoms with Gasteiger partial charge < -0.3 is 14.8 Å². The number of piperidine rings is 1. The van der Waals surface area contributed by atoms with Gasteiger partial charge >= 0.3 is 0 Å². The Hall–Kier alpha value is -1.59. The maximum atomic E-state index is 12.6. The van der Waals surface area contributed by atoms with Crippen molar-refractivity contribution in [2.24, 2.45) is 5.92 Å². The molecule has 0 aliphatic carbocycles. The summed E-state index contributed by atoms with van der Waals surface area (Å²) >= 11 is 0. The van der Waals surface area contributed by atoms with Crippen LogP contribution in [0.2, 0.25) is 0 Å². The van der Waals surface area contributed by atoms with Gasteiger partial charge in [0.25, 0.3) is 5.91 Å². The molecule has 1 heterocycles. The van der Waals surface area contributed by atoms with Gasteiger partial charge in [-0.2, -0.15) is 0 Å². The predicted octanol–water partition coefficient (Wildman–Crippen LogP) is 4.33. The number of rotatable bonds is 10. The van der Waals surface area contributed by atoms with Crippen LogP contribution in [0.3, 0.4) is 0 Å². The van der Waals surface area contributed by atoms with Gasteiger partial charge in [-0.25, -0.2) is 0 Å². The van der Waals surface area contributed by atoms with Gasteiger partial charge in [-0.3, -0.25) is 9.69 Å². The van der Waals surface area contributed by atoms with E-state index >= 15 is 0 Å². The fraction of sp³-hybridized carbons (Fsp3) is 0.682. The van der Waals surface area contributed by atoms with Crippen LogP contribution in [-0.4, -0.2) is 49.8 Å². The smallest absolute Gasteiger partial charge is 0.256 e. The Bertz CT molecular complexity index is 567. The second-order valence-electron chi connectivity index (χ2n) is 7.89. The average Bonchev–Trinajstić information content (AvgIpc) is 2.69. The van der Waals surface area contributed by atoms with Crippen LogP contribution in [0.5, 0.6) is 5.75 Å². The summed E-state index contributed by atoms with van der Waals surface area (Å²) in [4.78, 5) is 15.0. The molecule has 27 heavy (non-hydrogen) atoms. The fourth-order valence-corrected chi connectivity index (χ4v) is 3.30. The van der Waals surface area contributed by atoms with Crippen molar-refractivity contribution in [2.45, 2.75) is 58.5 Å². The molecular weight excluding hydrogens is 340 g/mol. The lowest BCUT2D eigenvalue weighted by Gasteiger charge is -2.29. The average molecular weight is 377 g/mol. The first-order valence-corrected chi connectivity index (χ1v) is 10.3. The lowest BCUT2D eigenvalue weighted by molar-refractivity contribution is -0.136. The van der Waals surface area contributed by atoms with Gasteiger partial charge in [0.15, 0.2) is 0 Å². The SMILES string of the molecule is CCCC[C@](C)(OC)C(=O)Nc1ccc(OCCN2CCC(C)CC2)cc1. The molecule has 1 N–H and O–H groups in total. The number of methoxy groups -OCH3 is 1. The highest BCUT2D eigenvalue weighted by molar-refractivity contribution is 5.97. The number of ether oxygens (including phenoxy) is 2. The number of nitrogens with zero attached hydrogens (tertiary/aromatic N) is 1. The highest BCUT2D eigenvalue weighted by atomic mass is 16.5. The van der Waals surface area contributed by atoms with Gasteiger partial charge in [0.1, 0.15) is 18.0 Å². The van der Waals surface area contributed by atoms with E-state index in [-0.39, 0.29) is 5.91 Å². The molecule has 0 aromatic heterocycles. The molecule has 0 radical (unpaired) electrons. The van der Waals surface area contributed by atoms with E-state index in [1.807, 2.05) is 31.2 Å². The summed E-state index contributed by atoms with van der Waals surface area (Å²) in [7, 11) is 1.59. The van der Waals surface area contributed by atoms with Crippen LogP contribution in [0.4, 0.5) is 5.69 Å². The van der Waals surface area contributed by atoms with E-state index in [9.17, 15) is 4.79 Å². The third kappa shape index (κ3) is 6.82. The van der Waals surface area contributed by atoms with Crippen molar-refractivity contribution in [3.63, 3.8) is 0 Å². The van der Waals surface area contributed by atoms with Crippen molar-refractivity contribution in [2.75, 3.05) is 38.7 Å². The molecule has 0 spiro atoms. The molecule has 1 fully saturated rings. The minimum absolute atomic E-state index is 0.105. The lowest BCUT2D eigenvalue weighted by atomic mass is 9.97. The van der Waals surface area contributed by atoms with Crippen molar-refractivity contribution < 1.29 is 14.3 Å². The van der Waals surface area contributed by atoms with Gasteiger partial charge in [-0.15, -0.1) is 0 Å². The number of carbonyl (C=O) groups is 1. The second-order valence-corrected chi connectivity index (χ2v) is 7.89. The van der Waals surface area contributed by atoms with Gasteiger partial charge in [-0.05, 0) is 69.5 Å². The van der Waals surface area contributed by atoms with Crippen LogP contribution in [0.25, 0.3) is 0 Å². The molecule has 5 nitrogen and oxygen atoms in total. The van der Waals surface area contributed by atoms with Gasteiger partial charge in [-0.1, -0.05) is 26.7 Å². The van der Waals surface area contributed by atoms with Crippen molar-refractivity contribution in [1.82, 2.24) is 4.90 Å². The molecule has 1 amide bonds. The zero-order valence-electron chi connectivity index (χ0n) is 17.4. The Morgan fingerprint density at radius 1 is 1.26 bits per heavy atom. The van der Waals surface area contributed by atoms with Crippen LogP contribution in [0.1, 0.15) is 52.9 Å². The Labute approximate surface area is 164 Å². The molecule has 5 heteroatoms. The van der Waals surface area contributed by atoms with Crippen molar-refractivity contribution in [1.29, 1.82) is 0 Å². The summed E-state index contributed by atoms with van der Waals surface area (Å²) in [6.45, 7) is 10.3. The zero-order chi connectivity index (χ0) is 19.7. The summed E-state index contributed by atoms with van der Waals surface area (Å²) in [6, 6.07) is 7.57. The lowest BCUT2D eigenvalue weighted by Crippen LogP contribution is -2.41. The number of carbonyl (C=O) groups excluding carboxylic acids is 1. The van der Waals surface area contributed by atoms with Crippen molar-refractivity contribution in [3.05, 3.63) is 24.3 Å². The van der Waals surface area contributed by atoms with Crippen LogP contribution in [0.15, 0.2) is 24.3 Å². The van der Waals surface area contributed by atoms with E-state index in [2.05, 4.69) is 24.1 Å². The number of benzene rings is 1. The van der Waals surface area contributed by atoms with E-state index in [0.717, 1.165) is 36.7 Å². The third-order valence-electron chi connectivity index (χ3n) is 5.60. The molecule has 1 saturated heterocycles. The Kier molecular flexibility index (Phi) is 8.58. The number of amides is 1. The predicted molar refractivity (Wildman–Crippen MR) is 110 cm³/mol. The zero-order valence-corrected chi connectivity index (χ0v) is 17.4. The normalized spacial score (nSPS) is 18.1. The minimum Gasteiger partial charge on any atom is -0.492 e. The Morgan fingerprint density at radius 3 is 2.52 bits per heavy atom. The summed E-state index contributed by atoms with van der Waals surface area (Å²) < 4.78 is 11.3. The topological polar surface area (TPSA) is 50.8 Å². The largest absolute Gasteiger partial charge is 0.492 e. The van der Waals surface area contributed by atoms with Crippen LogP contribution in [0, 0.1) is 5.92 Å². The first-order valence-electron chi connectivity index (χ1n) is 10.3. The first kappa shape index (κ1) is 21.7. The van der Waals surface area contributed by atoms with Crippen LogP contribution >= 0.6 is 0 Å². The third-order valence-corrected chi connectivity index (χ3v) is 5.60. The summed E-state index contributed by atoms with van der Waals surface area (Å²) in [5.74, 6) is 1.58. The van der Waals surface area contributed by atoms with Crippen LogP contribution in [-0.2, 0) is 9.53 Å². The second kappa shape index (κ2) is 10.7. The number of unbranched alkanes of at least 4 members (excludes halogenated alkanes) is 1. The van der Waals surface area contributed by atoms with Crippen molar-refractivity contribution >= 4 is 11.6 Å². The summed E-state index contributed by atoms with van der Waals surface area (Å²) in [5.41, 5.74) is -0.0333. The quantitative estimate of drug-likeness (QED) is 0.660. The molecule has 1 atom stereocenters. The Morgan fingerprint density at radius 2 is 1.93 bits per heavy atom. The molecule has 0 unspecified atom stereocenters. The molecule has 1 aromatic carbocycles. The van der Waals surface area contributed by atoms with Crippen LogP contribution < -0.4 is 10.1 Å². The molecule has 1 aliphatic heterocycles. The number of hydrogen-bond donors (Lipinski definition) is 1. The number of nitrogens with one attached hydrogen (secondary N) is 1. The van der Waals surface area contributed by atoms with E-state index in [0.29, 0.717) is 13.0 Å². The minimum atomic E-state index is -0.795. The fourth-order valence-electron chi connectivity index (χ4n) is 3.30.